The van der Waals surface area contributed by atoms with Crippen LogP contribution in [-0.2, 0) is 0 Å². The monoisotopic (exact) mass is 562 g/mol. The summed E-state index contributed by atoms with van der Waals surface area (Å²) in [5.41, 5.74) is 9.75. The molecule has 0 saturated heterocycles. The molecule has 0 unspecified atom stereocenters. The van der Waals surface area contributed by atoms with Gasteiger partial charge in [-0.25, -0.2) is 0 Å². The van der Waals surface area contributed by atoms with E-state index in [9.17, 15) is 15.8 Å². The molecule has 7 rings (SSSR count). The first kappa shape index (κ1) is 26.3. The minimum absolute atomic E-state index is 0.445. The van der Waals surface area contributed by atoms with Crippen molar-refractivity contribution in [2.45, 2.75) is 0 Å². The molecule has 5 nitrogen and oxygen atoms in total. The van der Waals surface area contributed by atoms with Crippen LogP contribution in [0.2, 0.25) is 0 Å². The first-order valence-electron chi connectivity index (χ1n) is 14.0. The molecule has 0 amide bonds. The fourth-order valence-corrected chi connectivity index (χ4v) is 5.62. The van der Waals surface area contributed by atoms with E-state index < -0.39 is 0 Å². The molecule has 7 aromatic rings. The highest BCUT2D eigenvalue weighted by Gasteiger charge is 2.16. The molecule has 0 atom stereocenters. The average Bonchev–Trinajstić information content (AvgIpc) is 3.48. The van der Waals surface area contributed by atoms with Crippen LogP contribution in [0, 0.1) is 34.0 Å². The van der Waals surface area contributed by atoms with E-state index in [1.807, 2.05) is 66.7 Å². The summed E-state index contributed by atoms with van der Waals surface area (Å²) in [7, 11) is 0. The zero-order valence-corrected chi connectivity index (χ0v) is 23.4. The van der Waals surface area contributed by atoms with Crippen molar-refractivity contribution in [2.75, 3.05) is 4.90 Å². The van der Waals surface area contributed by atoms with Gasteiger partial charge in [0.05, 0.1) is 34.9 Å². The molecular formula is C39H22N4O. The molecule has 0 N–H and O–H groups in total. The third-order valence-corrected chi connectivity index (χ3v) is 7.75. The number of rotatable bonds is 5. The van der Waals surface area contributed by atoms with Gasteiger partial charge in [-0.2, -0.15) is 15.8 Å². The Hall–Kier alpha value is -6.61. The fourth-order valence-electron chi connectivity index (χ4n) is 5.62. The van der Waals surface area contributed by atoms with Crippen molar-refractivity contribution >= 4 is 39.0 Å². The van der Waals surface area contributed by atoms with E-state index in [2.05, 4.69) is 71.6 Å². The van der Waals surface area contributed by atoms with E-state index >= 15 is 0 Å². The third-order valence-electron chi connectivity index (χ3n) is 7.75. The Kier molecular flexibility index (Phi) is 6.57. The summed E-state index contributed by atoms with van der Waals surface area (Å²) in [6.45, 7) is 0. The molecule has 0 fully saturated rings. The number of nitriles is 3. The first-order chi connectivity index (χ1) is 21.6. The second kappa shape index (κ2) is 11.0. The van der Waals surface area contributed by atoms with Crippen LogP contribution in [0.1, 0.15) is 16.7 Å². The van der Waals surface area contributed by atoms with Crippen molar-refractivity contribution in [1.29, 1.82) is 15.8 Å². The zero-order valence-electron chi connectivity index (χ0n) is 23.4. The molecule has 0 bridgehead atoms. The van der Waals surface area contributed by atoms with Gasteiger partial charge in [0, 0.05) is 33.4 Å². The van der Waals surface area contributed by atoms with Crippen molar-refractivity contribution in [3.05, 3.63) is 150 Å². The van der Waals surface area contributed by atoms with E-state index in [4.69, 9.17) is 4.42 Å². The number of furan rings is 1. The Morgan fingerprint density at radius 1 is 0.455 bits per heavy atom. The maximum atomic E-state index is 9.42. The number of hydrogen-bond donors (Lipinski definition) is 0. The number of nitrogens with zero attached hydrogens (tertiary/aromatic N) is 4. The standard InChI is InChI=1S/C39H22N4O/c40-23-26-8-14-32(15-9-26)43(33-16-10-29(11-17-33)31-21-27(24-41)20-28(22-31)25-42)34-18-12-30(13-19-34)35-5-3-6-37-36-4-1-2-7-38(36)44-39(35)37/h1-22H. The van der Waals surface area contributed by atoms with E-state index in [1.165, 1.54) is 0 Å². The number of para-hydroxylation sites is 2. The van der Waals surface area contributed by atoms with E-state index in [0.29, 0.717) is 16.7 Å². The molecule has 0 saturated carbocycles. The van der Waals surface area contributed by atoms with E-state index in [-0.39, 0.29) is 0 Å². The van der Waals surface area contributed by atoms with Crippen LogP contribution < -0.4 is 4.90 Å². The summed E-state index contributed by atoms with van der Waals surface area (Å²) in [6.07, 6.45) is 0. The topological polar surface area (TPSA) is 87.8 Å². The van der Waals surface area contributed by atoms with Gasteiger partial charge in [-0.3, -0.25) is 0 Å². The first-order valence-corrected chi connectivity index (χ1v) is 14.0. The Balaban J connectivity index is 1.29. The second-order valence-corrected chi connectivity index (χ2v) is 10.4. The second-order valence-electron chi connectivity index (χ2n) is 10.4. The number of fused-ring (bicyclic) bond motifs is 3. The lowest BCUT2D eigenvalue weighted by atomic mass is 9.99. The predicted molar refractivity (Wildman–Crippen MR) is 173 cm³/mol. The van der Waals surface area contributed by atoms with Crippen molar-refractivity contribution in [3.63, 3.8) is 0 Å². The molecule has 1 heterocycles. The molecule has 0 aliphatic heterocycles. The zero-order chi connectivity index (χ0) is 30.0. The van der Waals surface area contributed by atoms with Gasteiger partial charge in [-0.15, -0.1) is 0 Å². The summed E-state index contributed by atoms with van der Waals surface area (Å²) >= 11 is 0. The van der Waals surface area contributed by atoms with Crippen LogP contribution in [0.15, 0.2) is 138 Å². The van der Waals surface area contributed by atoms with Gasteiger partial charge in [-0.1, -0.05) is 60.7 Å². The Labute approximate surface area is 254 Å². The van der Waals surface area contributed by atoms with Crippen LogP contribution >= 0.6 is 0 Å². The highest BCUT2D eigenvalue weighted by molar-refractivity contribution is 6.09. The predicted octanol–water partition coefficient (Wildman–Crippen LogP) is 10.0. The van der Waals surface area contributed by atoms with Crippen LogP contribution in [0.5, 0.6) is 0 Å². The Morgan fingerprint density at radius 3 is 1.61 bits per heavy atom. The number of benzene rings is 6. The maximum absolute atomic E-state index is 9.42. The van der Waals surface area contributed by atoms with Crippen LogP contribution in [-0.4, -0.2) is 0 Å². The summed E-state index contributed by atoms with van der Waals surface area (Å²) in [6, 6.07) is 49.8. The SMILES string of the molecule is N#Cc1ccc(N(c2ccc(-c3cc(C#N)cc(C#N)c3)cc2)c2ccc(-c3cccc4c3oc3ccccc34)cc2)cc1. The van der Waals surface area contributed by atoms with E-state index in [0.717, 1.165) is 61.3 Å². The summed E-state index contributed by atoms with van der Waals surface area (Å²) in [4.78, 5) is 2.13. The smallest absolute Gasteiger partial charge is 0.143 e. The summed E-state index contributed by atoms with van der Waals surface area (Å²) < 4.78 is 6.28. The van der Waals surface area contributed by atoms with Gasteiger partial charge >= 0.3 is 0 Å². The van der Waals surface area contributed by atoms with Crippen molar-refractivity contribution in [3.8, 4) is 40.5 Å². The lowest BCUT2D eigenvalue weighted by Gasteiger charge is -2.26. The van der Waals surface area contributed by atoms with Gasteiger partial charge < -0.3 is 9.32 Å². The van der Waals surface area contributed by atoms with Crippen molar-refractivity contribution < 1.29 is 4.42 Å². The minimum Gasteiger partial charge on any atom is -0.455 e. The molecule has 44 heavy (non-hydrogen) atoms. The molecule has 1 aromatic heterocycles. The normalized spacial score (nSPS) is 10.7. The van der Waals surface area contributed by atoms with Crippen LogP contribution in [0.4, 0.5) is 17.1 Å². The van der Waals surface area contributed by atoms with Gasteiger partial charge in [0.25, 0.3) is 0 Å². The maximum Gasteiger partial charge on any atom is 0.143 e. The largest absolute Gasteiger partial charge is 0.455 e. The van der Waals surface area contributed by atoms with Gasteiger partial charge in [-0.05, 0) is 89.5 Å². The fraction of sp³-hybridized carbons (Fsp3) is 0. The average molecular weight is 563 g/mol. The molecule has 0 aliphatic rings. The third kappa shape index (κ3) is 4.70. The molecule has 6 aromatic carbocycles. The lowest BCUT2D eigenvalue weighted by molar-refractivity contribution is 0.670. The molecule has 0 radical (unpaired) electrons. The minimum atomic E-state index is 0.445. The number of anilines is 3. The Morgan fingerprint density at radius 2 is 1.00 bits per heavy atom. The highest BCUT2D eigenvalue weighted by atomic mass is 16.3. The summed E-state index contributed by atoms with van der Waals surface area (Å²) in [5, 5.41) is 30.4. The van der Waals surface area contributed by atoms with Crippen LogP contribution in [0.3, 0.4) is 0 Å². The molecule has 204 valence electrons. The lowest BCUT2D eigenvalue weighted by Crippen LogP contribution is -2.09. The van der Waals surface area contributed by atoms with Crippen molar-refractivity contribution in [2.24, 2.45) is 0 Å². The molecule has 0 aliphatic carbocycles. The number of hydrogen-bond acceptors (Lipinski definition) is 5. The van der Waals surface area contributed by atoms with Crippen molar-refractivity contribution in [1.82, 2.24) is 0 Å². The Bertz CT molecular complexity index is 2260. The summed E-state index contributed by atoms with van der Waals surface area (Å²) in [5.74, 6) is 0. The quantitative estimate of drug-likeness (QED) is 0.208. The van der Waals surface area contributed by atoms with Gasteiger partial charge in [0.2, 0.25) is 0 Å². The molecule has 5 heteroatoms. The van der Waals surface area contributed by atoms with Gasteiger partial charge in [0.1, 0.15) is 11.2 Å². The van der Waals surface area contributed by atoms with Gasteiger partial charge in [0.15, 0.2) is 0 Å². The van der Waals surface area contributed by atoms with Crippen LogP contribution in [0.25, 0.3) is 44.2 Å². The molecular weight excluding hydrogens is 540 g/mol. The van der Waals surface area contributed by atoms with E-state index in [1.54, 1.807) is 18.2 Å². The highest BCUT2D eigenvalue weighted by Crippen LogP contribution is 2.39. The molecule has 0 spiro atoms.